The van der Waals surface area contributed by atoms with Crippen LogP contribution in [0.1, 0.15) is 0 Å². The third kappa shape index (κ3) is 3.03. The van der Waals surface area contributed by atoms with E-state index in [1.54, 1.807) is 24.3 Å². The monoisotopic (exact) mass is 259 g/mol. The Morgan fingerprint density at radius 3 is 2.63 bits per heavy atom. The summed E-state index contributed by atoms with van der Waals surface area (Å²) in [4.78, 5) is 24.3. The largest absolute Gasteiger partial charge is 0.434 e. The van der Waals surface area contributed by atoms with Crippen LogP contribution in [0.2, 0.25) is 0 Å². The lowest BCUT2D eigenvalue weighted by atomic mass is 10.3. The lowest BCUT2D eigenvalue weighted by molar-refractivity contribution is -0.386. The Kier molecular flexibility index (Phi) is 3.67. The molecule has 7 nitrogen and oxygen atoms in total. The molecule has 0 aliphatic carbocycles. The van der Waals surface area contributed by atoms with E-state index in [2.05, 4.69) is 10.3 Å². The number of amides is 1. The third-order valence-electron chi connectivity index (χ3n) is 2.24. The molecule has 1 aromatic heterocycles. The summed E-state index contributed by atoms with van der Waals surface area (Å²) < 4.78 is 5.34. The summed E-state index contributed by atoms with van der Waals surface area (Å²) in [5.41, 5.74) is 0.385. The second-order valence-corrected chi connectivity index (χ2v) is 3.47. The van der Waals surface area contributed by atoms with Gasteiger partial charge in [0.25, 0.3) is 5.88 Å². The number of anilines is 1. The molecule has 0 fully saturated rings. The van der Waals surface area contributed by atoms with E-state index in [4.69, 9.17) is 4.74 Å². The number of nitro groups is 1. The van der Waals surface area contributed by atoms with Crippen LogP contribution in [0.25, 0.3) is 0 Å². The molecule has 0 aliphatic rings. The second kappa shape index (κ2) is 5.58. The van der Waals surface area contributed by atoms with Crippen LogP contribution >= 0.6 is 0 Å². The van der Waals surface area contributed by atoms with Gasteiger partial charge in [-0.2, -0.15) is 0 Å². The van der Waals surface area contributed by atoms with Gasteiger partial charge in [-0.15, -0.1) is 0 Å². The fraction of sp³-hybridized carbons (Fsp3) is 0. The van der Waals surface area contributed by atoms with Crippen LogP contribution in [0.3, 0.4) is 0 Å². The van der Waals surface area contributed by atoms with Gasteiger partial charge in [0.05, 0.1) is 4.92 Å². The van der Waals surface area contributed by atoms with Crippen molar-refractivity contribution in [2.45, 2.75) is 0 Å². The summed E-state index contributed by atoms with van der Waals surface area (Å²) in [6.07, 6.45) is 1.96. The molecule has 0 saturated carbocycles. The molecule has 96 valence electrons. The van der Waals surface area contributed by atoms with E-state index in [1.165, 1.54) is 18.3 Å². The fourth-order valence-electron chi connectivity index (χ4n) is 1.40. The first-order chi connectivity index (χ1) is 9.20. The molecule has 0 saturated heterocycles. The number of ether oxygens (including phenoxy) is 1. The molecule has 0 aliphatic heterocycles. The van der Waals surface area contributed by atoms with E-state index < -0.39 is 4.92 Å². The molecular formula is C12H9N3O4. The van der Waals surface area contributed by atoms with Crippen molar-refractivity contribution in [3.63, 3.8) is 0 Å². The van der Waals surface area contributed by atoms with Gasteiger partial charge < -0.3 is 10.1 Å². The molecule has 0 atom stereocenters. The number of benzene rings is 1. The summed E-state index contributed by atoms with van der Waals surface area (Å²) in [7, 11) is 0. The molecule has 19 heavy (non-hydrogen) atoms. The topological polar surface area (TPSA) is 94.4 Å². The smallest absolute Gasteiger partial charge is 0.331 e. The minimum Gasteiger partial charge on any atom is -0.434 e. The molecule has 1 N–H and O–H groups in total. The number of pyridine rings is 1. The average Bonchev–Trinajstić information content (AvgIpc) is 2.42. The van der Waals surface area contributed by atoms with E-state index in [-0.39, 0.29) is 11.6 Å². The van der Waals surface area contributed by atoms with Gasteiger partial charge in [-0.05, 0) is 30.3 Å². The van der Waals surface area contributed by atoms with E-state index in [0.717, 1.165) is 0 Å². The van der Waals surface area contributed by atoms with Gasteiger partial charge in [-0.3, -0.25) is 14.9 Å². The summed E-state index contributed by atoms with van der Waals surface area (Å²) in [6, 6.07) is 9.14. The molecule has 2 rings (SSSR count). The summed E-state index contributed by atoms with van der Waals surface area (Å²) in [5.74, 6) is 0.307. The standard InChI is InChI=1S/C12H9N3O4/c16-8-14-9-3-5-10(6-4-9)19-12-11(15(17)18)2-1-7-13-12/h1-8H,(H,14,16). The van der Waals surface area contributed by atoms with Gasteiger partial charge in [0.1, 0.15) is 5.75 Å². The second-order valence-electron chi connectivity index (χ2n) is 3.47. The van der Waals surface area contributed by atoms with Gasteiger partial charge in [0, 0.05) is 18.0 Å². The van der Waals surface area contributed by atoms with Crippen molar-refractivity contribution in [2.24, 2.45) is 0 Å². The Morgan fingerprint density at radius 2 is 2.00 bits per heavy atom. The maximum atomic E-state index is 10.8. The fourth-order valence-corrected chi connectivity index (χ4v) is 1.40. The summed E-state index contributed by atoms with van der Waals surface area (Å²) in [5, 5.41) is 13.3. The van der Waals surface area contributed by atoms with Crippen LogP contribution in [0, 0.1) is 10.1 Å². The van der Waals surface area contributed by atoms with Crippen molar-refractivity contribution in [1.82, 2.24) is 4.98 Å². The number of carbonyl (C=O) groups excluding carboxylic acids is 1. The minimum absolute atomic E-state index is 0.0800. The third-order valence-corrected chi connectivity index (χ3v) is 2.24. The molecule has 0 bridgehead atoms. The van der Waals surface area contributed by atoms with Gasteiger partial charge in [-0.1, -0.05) is 0 Å². The molecule has 0 unspecified atom stereocenters. The number of carbonyl (C=O) groups is 1. The maximum Gasteiger partial charge on any atom is 0.331 e. The Hall–Kier alpha value is -2.96. The van der Waals surface area contributed by atoms with Gasteiger partial charge in [-0.25, -0.2) is 4.98 Å². The van der Waals surface area contributed by atoms with E-state index in [1.807, 2.05) is 0 Å². The average molecular weight is 259 g/mol. The summed E-state index contributed by atoms with van der Waals surface area (Å²) in [6.45, 7) is 0. The van der Waals surface area contributed by atoms with E-state index in [9.17, 15) is 14.9 Å². The molecule has 1 heterocycles. The van der Waals surface area contributed by atoms with Crippen molar-refractivity contribution in [3.8, 4) is 11.6 Å². The predicted octanol–water partition coefficient (Wildman–Crippen LogP) is 2.35. The lowest BCUT2D eigenvalue weighted by Crippen LogP contribution is -1.96. The normalized spacial score (nSPS) is 9.68. The van der Waals surface area contributed by atoms with Crippen LogP contribution in [-0.2, 0) is 4.79 Å². The molecule has 2 aromatic rings. The molecular weight excluding hydrogens is 250 g/mol. The SMILES string of the molecule is O=CNc1ccc(Oc2ncccc2[N+](=O)[O-])cc1. The van der Waals surface area contributed by atoms with Crippen molar-refractivity contribution in [3.05, 3.63) is 52.7 Å². The van der Waals surface area contributed by atoms with Gasteiger partial charge in [0.15, 0.2) is 0 Å². The molecule has 1 amide bonds. The number of aromatic nitrogens is 1. The quantitative estimate of drug-likeness (QED) is 0.505. The molecule has 1 aromatic carbocycles. The van der Waals surface area contributed by atoms with Crippen molar-refractivity contribution in [1.29, 1.82) is 0 Å². The maximum absolute atomic E-state index is 10.8. The Balaban J connectivity index is 2.21. The molecule has 0 spiro atoms. The number of hydrogen-bond acceptors (Lipinski definition) is 5. The van der Waals surface area contributed by atoms with Gasteiger partial charge >= 0.3 is 5.69 Å². The Labute approximate surface area is 108 Å². The number of nitrogens with zero attached hydrogens (tertiary/aromatic N) is 2. The highest BCUT2D eigenvalue weighted by molar-refractivity contribution is 5.71. The Bertz CT molecular complexity index is 598. The molecule has 7 heteroatoms. The highest BCUT2D eigenvalue weighted by atomic mass is 16.6. The van der Waals surface area contributed by atoms with Crippen LogP contribution in [0.15, 0.2) is 42.6 Å². The van der Waals surface area contributed by atoms with Crippen molar-refractivity contribution < 1.29 is 14.5 Å². The first-order valence-electron chi connectivity index (χ1n) is 5.28. The number of nitrogens with one attached hydrogen (secondary N) is 1. The van der Waals surface area contributed by atoms with Crippen LogP contribution in [-0.4, -0.2) is 16.3 Å². The van der Waals surface area contributed by atoms with E-state index >= 15 is 0 Å². The Morgan fingerprint density at radius 1 is 1.26 bits per heavy atom. The lowest BCUT2D eigenvalue weighted by Gasteiger charge is -2.05. The first-order valence-corrected chi connectivity index (χ1v) is 5.28. The highest BCUT2D eigenvalue weighted by Crippen LogP contribution is 2.28. The van der Waals surface area contributed by atoms with Crippen LogP contribution in [0.5, 0.6) is 11.6 Å². The van der Waals surface area contributed by atoms with Gasteiger partial charge in [0.2, 0.25) is 6.41 Å². The van der Waals surface area contributed by atoms with Crippen molar-refractivity contribution in [2.75, 3.05) is 5.32 Å². The number of hydrogen-bond donors (Lipinski definition) is 1. The van der Waals surface area contributed by atoms with Crippen molar-refractivity contribution >= 4 is 17.8 Å². The first kappa shape index (κ1) is 12.5. The van der Waals surface area contributed by atoms with E-state index in [0.29, 0.717) is 17.8 Å². The van der Waals surface area contributed by atoms with Crippen LogP contribution < -0.4 is 10.1 Å². The predicted molar refractivity (Wildman–Crippen MR) is 67.1 cm³/mol. The van der Waals surface area contributed by atoms with Crippen LogP contribution in [0.4, 0.5) is 11.4 Å². The zero-order valence-corrected chi connectivity index (χ0v) is 9.65. The highest BCUT2D eigenvalue weighted by Gasteiger charge is 2.16. The number of rotatable bonds is 5. The minimum atomic E-state index is -0.565. The molecule has 0 radical (unpaired) electrons. The zero-order chi connectivity index (χ0) is 13.7. The zero-order valence-electron chi connectivity index (χ0n) is 9.65. The summed E-state index contributed by atoms with van der Waals surface area (Å²) >= 11 is 0.